The van der Waals surface area contributed by atoms with Gasteiger partial charge >= 0.3 is 0 Å². The average molecular weight is 509 g/mol. The van der Waals surface area contributed by atoms with Crippen LogP contribution in [-0.2, 0) is 16.1 Å². The van der Waals surface area contributed by atoms with Gasteiger partial charge in [0.2, 0.25) is 6.41 Å². The molecule has 1 aromatic heterocycles. The van der Waals surface area contributed by atoms with Gasteiger partial charge in [-0.2, -0.15) is 0 Å². The van der Waals surface area contributed by atoms with Crippen molar-refractivity contribution in [3.63, 3.8) is 0 Å². The highest BCUT2D eigenvalue weighted by Crippen LogP contribution is 2.26. The smallest absolute Gasteiger partial charge is 0.207 e. The first kappa shape index (κ1) is 29.9. The maximum Gasteiger partial charge on any atom is 0.207 e. The van der Waals surface area contributed by atoms with Gasteiger partial charge in [0.25, 0.3) is 0 Å². The third-order valence-electron chi connectivity index (χ3n) is 5.53. The molecule has 34 heavy (non-hydrogen) atoms. The molecule has 1 amide bonds. The second-order valence-electron chi connectivity index (χ2n) is 8.32. The van der Waals surface area contributed by atoms with Crippen LogP contribution >= 0.6 is 22.9 Å². The van der Waals surface area contributed by atoms with Crippen molar-refractivity contribution in [2.45, 2.75) is 72.9 Å². The number of carbonyl (C=O) groups excluding carboxylic acids is 2. The summed E-state index contributed by atoms with van der Waals surface area (Å²) in [5, 5.41) is 10.2. The van der Waals surface area contributed by atoms with Crippen LogP contribution in [0.25, 0.3) is 0 Å². The Bertz CT molecular complexity index is 856. The summed E-state index contributed by atoms with van der Waals surface area (Å²) in [6.07, 6.45) is 4.65. The van der Waals surface area contributed by atoms with Crippen molar-refractivity contribution in [2.75, 3.05) is 30.7 Å². The summed E-state index contributed by atoms with van der Waals surface area (Å²) in [7, 11) is 0. The zero-order valence-corrected chi connectivity index (χ0v) is 22.8. The molecule has 2 heterocycles. The van der Waals surface area contributed by atoms with Crippen LogP contribution in [0.1, 0.15) is 63.1 Å². The van der Waals surface area contributed by atoms with Crippen LogP contribution in [0.15, 0.2) is 23.6 Å². The molecule has 3 rings (SSSR count). The van der Waals surface area contributed by atoms with Crippen molar-refractivity contribution in [2.24, 2.45) is 0 Å². The number of halogens is 1. The molecule has 0 aliphatic carbocycles. The van der Waals surface area contributed by atoms with E-state index >= 15 is 0 Å². The van der Waals surface area contributed by atoms with E-state index in [2.05, 4.69) is 27.0 Å². The topological polar surface area (TPSA) is 87.5 Å². The van der Waals surface area contributed by atoms with Crippen LogP contribution in [0.5, 0.6) is 0 Å². The molecule has 190 valence electrons. The van der Waals surface area contributed by atoms with Gasteiger partial charge in [-0.25, -0.2) is 0 Å². The van der Waals surface area contributed by atoms with Gasteiger partial charge in [0.15, 0.2) is 0 Å². The summed E-state index contributed by atoms with van der Waals surface area (Å²) < 4.78 is 0. The minimum absolute atomic E-state index is 0.283. The molecule has 0 saturated carbocycles. The monoisotopic (exact) mass is 508 g/mol. The highest BCUT2D eigenvalue weighted by molar-refractivity contribution is 7.14. The van der Waals surface area contributed by atoms with Crippen LogP contribution in [0, 0.1) is 13.8 Å². The second-order valence-corrected chi connectivity index (χ2v) is 9.64. The molecule has 8 heteroatoms. The Labute approximate surface area is 214 Å². The highest BCUT2D eigenvalue weighted by atomic mass is 35.5. The van der Waals surface area contributed by atoms with Gasteiger partial charge in [0.05, 0.1) is 15.7 Å². The fourth-order valence-electron chi connectivity index (χ4n) is 3.72. The normalized spacial score (nSPS) is 13.7. The number of nitrogen functional groups attached to an aromatic ring is 1. The van der Waals surface area contributed by atoms with E-state index < -0.39 is 0 Å². The number of hydrogen-bond acceptors (Lipinski definition) is 6. The van der Waals surface area contributed by atoms with E-state index in [1.54, 1.807) is 18.3 Å². The molecule has 0 unspecified atom stereocenters. The number of carbonyl (C=O) groups is 2. The zero-order chi connectivity index (χ0) is 25.5. The maximum absolute atomic E-state index is 11.0. The van der Waals surface area contributed by atoms with Crippen molar-refractivity contribution in [1.29, 1.82) is 0 Å². The van der Waals surface area contributed by atoms with E-state index in [-0.39, 0.29) is 5.78 Å². The molecule has 4 N–H and O–H groups in total. The Kier molecular flexibility index (Phi) is 14.6. The molecule has 1 aliphatic heterocycles. The number of nitrogens with one attached hydrogen (secondary N) is 2. The fourth-order valence-corrected chi connectivity index (χ4v) is 4.93. The molecule has 1 saturated heterocycles. The molecular weight excluding hydrogens is 468 g/mol. The predicted octanol–water partition coefficient (Wildman–Crippen LogP) is 5.80. The summed E-state index contributed by atoms with van der Waals surface area (Å²) >= 11 is 7.49. The summed E-state index contributed by atoms with van der Waals surface area (Å²) in [6, 6.07) is 6.43. The molecule has 0 spiro atoms. The van der Waals surface area contributed by atoms with E-state index in [0.29, 0.717) is 29.7 Å². The lowest BCUT2D eigenvalue weighted by Crippen LogP contribution is -2.39. The van der Waals surface area contributed by atoms with E-state index in [0.717, 1.165) is 62.0 Å². The van der Waals surface area contributed by atoms with E-state index in [1.807, 2.05) is 39.8 Å². The molecule has 0 radical (unpaired) electrons. The Morgan fingerprint density at radius 1 is 1.26 bits per heavy atom. The number of ketones is 1. The first-order chi connectivity index (χ1) is 16.3. The van der Waals surface area contributed by atoms with E-state index in [4.69, 9.17) is 17.3 Å². The van der Waals surface area contributed by atoms with Gasteiger partial charge in [-0.3, -0.25) is 4.79 Å². The molecule has 1 aromatic carbocycles. The number of hydrogen-bond donors (Lipinski definition) is 3. The van der Waals surface area contributed by atoms with Gasteiger partial charge in [0.1, 0.15) is 5.78 Å². The molecule has 2 aromatic rings. The number of aryl methyl sites for hydroxylation is 2. The Balaban J connectivity index is 0.000000402. The Hall–Kier alpha value is -2.09. The first-order valence-electron chi connectivity index (χ1n) is 12.0. The quantitative estimate of drug-likeness (QED) is 0.294. The van der Waals surface area contributed by atoms with Crippen LogP contribution in [0.4, 0.5) is 10.7 Å². The van der Waals surface area contributed by atoms with Gasteiger partial charge in [-0.15, -0.1) is 11.3 Å². The number of piperidine rings is 1. The number of Topliss-reactive ketones (excluding diaryl/α,β-unsaturated/α-hetero) is 1. The van der Waals surface area contributed by atoms with Crippen molar-refractivity contribution >= 4 is 45.8 Å². The molecule has 0 bridgehead atoms. The number of likely N-dealkylation sites (tertiary alicyclic amines) is 1. The molecular formula is C26H41ClN4O2S. The standard InChI is InChI=1S/C16H25N3O2S.C8H10ClN.C2H6/c1-13(21)3-2-7-19-8-4-15(5-9-19)18-16-14(6-10-22-16)11-17-12-20;1-5-3-6(2)8(10)7(9)4-5;1-2/h6,10,12,15,18H,2-5,7-9,11H2,1H3,(H,17,20);3-4H,10H2,1-2H3;1-2H3. The Morgan fingerprint density at radius 3 is 2.53 bits per heavy atom. The molecule has 1 aliphatic rings. The van der Waals surface area contributed by atoms with Crippen molar-refractivity contribution in [3.05, 3.63) is 45.3 Å². The zero-order valence-electron chi connectivity index (χ0n) is 21.2. The molecule has 6 nitrogen and oxygen atoms in total. The second kappa shape index (κ2) is 16.5. The minimum atomic E-state index is 0.283. The SMILES string of the molecule is CC.CC(=O)CCCN1CCC(Nc2sccc2CNC=O)CC1.Cc1cc(C)c(N)c(Cl)c1. The first-order valence-corrected chi connectivity index (χ1v) is 13.3. The number of rotatable bonds is 9. The summed E-state index contributed by atoms with van der Waals surface area (Å²) in [4.78, 5) is 23.8. The number of amides is 1. The van der Waals surface area contributed by atoms with Gasteiger partial charge in [-0.1, -0.05) is 31.5 Å². The summed E-state index contributed by atoms with van der Waals surface area (Å²) in [6.45, 7) is 13.4. The van der Waals surface area contributed by atoms with Gasteiger partial charge in [0, 0.05) is 37.7 Å². The minimum Gasteiger partial charge on any atom is -0.397 e. The van der Waals surface area contributed by atoms with E-state index in [9.17, 15) is 9.59 Å². The summed E-state index contributed by atoms with van der Waals surface area (Å²) in [5.74, 6) is 0.283. The number of thiophene rings is 1. The number of benzene rings is 1. The molecule has 0 atom stereocenters. The third-order valence-corrected chi connectivity index (χ3v) is 6.73. The molecule has 1 fully saturated rings. The number of nitrogens with zero attached hydrogens (tertiary/aromatic N) is 1. The average Bonchev–Trinajstić information content (AvgIpc) is 3.25. The van der Waals surface area contributed by atoms with Crippen LogP contribution in [0.3, 0.4) is 0 Å². The van der Waals surface area contributed by atoms with E-state index in [1.165, 1.54) is 5.00 Å². The number of nitrogens with two attached hydrogens (primary N) is 1. The van der Waals surface area contributed by atoms with Crippen molar-refractivity contribution in [3.8, 4) is 0 Å². The summed E-state index contributed by atoms with van der Waals surface area (Å²) in [5.41, 5.74) is 9.66. The lowest BCUT2D eigenvalue weighted by Gasteiger charge is -2.32. The third kappa shape index (κ3) is 10.9. The van der Waals surface area contributed by atoms with Crippen molar-refractivity contribution < 1.29 is 9.59 Å². The largest absolute Gasteiger partial charge is 0.397 e. The number of anilines is 2. The highest BCUT2D eigenvalue weighted by Gasteiger charge is 2.20. The van der Waals surface area contributed by atoms with Crippen LogP contribution < -0.4 is 16.4 Å². The van der Waals surface area contributed by atoms with Crippen LogP contribution in [-0.4, -0.2) is 42.8 Å². The Morgan fingerprint density at radius 2 is 1.94 bits per heavy atom. The fraction of sp³-hybridized carbons (Fsp3) is 0.538. The predicted molar refractivity (Wildman–Crippen MR) is 147 cm³/mol. The van der Waals surface area contributed by atoms with Gasteiger partial charge in [-0.05, 0) is 75.2 Å². The lowest BCUT2D eigenvalue weighted by molar-refractivity contribution is -0.117. The van der Waals surface area contributed by atoms with Crippen molar-refractivity contribution in [1.82, 2.24) is 10.2 Å². The van der Waals surface area contributed by atoms with Crippen LogP contribution in [0.2, 0.25) is 5.02 Å². The maximum atomic E-state index is 11.0. The van der Waals surface area contributed by atoms with Gasteiger partial charge < -0.3 is 26.1 Å². The lowest BCUT2D eigenvalue weighted by atomic mass is 10.0.